The van der Waals surface area contributed by atoms with Gasteiger partial charge in [-0.05, 0) is 23.3 Å². The van der Waals surface area contributed by atoms with Crippen LogP contribution in [0.25, 0.3) is 0 Å². The standard InChI is InChI=1S/C19H23BrN2O/c20-18-8-6-17(7-9-18)19(16-4-2-1-3-5-16)23-15-14-22-12-10-21-11-13-22/h1-9,19,21H,10-15H2. The zero-order valence-electron chi connectivity index (χ0n) is 13.2. The summed E-state index contributed by atoms with van der Waals surface area (Å²) in [6.07, 6.45) is -0.00721. The number of hydrogen-bond donors (Lipinski definition) is 1. The highest BCUT2D eigenvalue weighted by Crippen LogP contribution is 2.27. The summed E-state index contributed by atoms with van der Waals surface area (Å²) in [6, 6.07) is 18.9. The fourth-order valence-electron chi connectivity index (χ4n) is 2.88. The highest BCUT2D eigenvalue weighted by Gasteiger charge is 2.16. The normalized spacial score (nSPS) is 17.1. The number of nitrogens with zero attached hydrogens (tertiary/aromatic N) is 1. The molecule has 1 saturated heterocycles. The number of nitrogens with one attached hydrogen (secondary N) is 1. The topological polar surface area (TPSA) is 24.5 Å². The van der Waals surface area contributed by atoms with Gasteiger partial charge in [0.2, 0.25) is 0 Å². The molecule has 1 aliphatic heterocycles. The van der Waals surface area contributed by atoms with Crippen molar-refractivity contribution in [3.8, 4) is 0 Å². The van der Waals surface area contributed by atoms with E-state index in [9.17, 15) is 0 Å². The quantitative estimate of drug-likeness (QED) is 0.837. The van der Waals surface area contributed by atoms with Crippen molar-refractivity contribution < 1.29 is 4.74 Å². The van der Waals surface area contributed by atoms with Crippen LogP contribution in [0.2, 0.25) is 0 Å². The van der Waals surface area contributed by atoms with Crippen LogP contribution in [0.15, 0.2) is 59.1 Å². The van der Waals surface area contributed by atoms with Gasteiger partial charge in [0.1, 0.15) is 6.10 Å². The summed E-state index contributed by atoms with van der Waals surface area (Å²) in [7, 11) is 0. The maximum absolute atomic E-state index is 6.28. The van der Waals surface area contributed by atoms with Gasteiger partial charge in [0, 0.05) is 37.2 Å². The lowest BCUT2D eigenvalue weighted by Gasteiger charge is -2.28. The molecule has 2 aromatic rings. The van der Waals surface area contributed by atoms with E-state index in [1.807, 2.05) is 6.07 Å². The Bertz CT molecular complexity index is 582. The summed E-state index contributed by atoms with van der Waals surface area (Å²) in [4.78, 5) is 2.46. The van der Waals surface area contributed by atoms with Crippen molar-refractivity contribution in [1.29, 1.82) is 0 Å². The van der Waals surface area contributed by atoms with E-state index >= 15 is 0 Å². The number of piperazine rings is 1. The van der Waals surface area contributed by atoms with E-state index in [0.717, 1.165) is 43.8 Å². The largest absolute Gasteiger partial charge is 0.367 e. The molecule has 0 amide bonds. The molecule has 3 rings (SSSR count). The maximum atomic E-state index is 6.28. The van der Waals surface area contributed by atoms with Gasteiger partial charge in [-0.3, -0.25) is 4.90 Å². The lowest BCUT2D eigenvalue weighted by molar-refractivity contribution is 0.0573. The van der Waals surface area contributed by atoms with E-state index in [0.29, 0.717) is 0 Å². The first-order chi connectivity index (χ1) is 11.3. The summed E-state index contributed by atoms with van der Waals surface area (Å²) >= 11 is 3.50. The van der Waals surface area contributed by atoms with E-state index in [1.165, 1.54) is 11.1 Å². The second-order valence-corrected chi connectivity index (χ2v) is 6.72. The predicted octanol–water partition coefficient (Wildman–Crippen LogP) is 3.46. The first kappa shape index (κ1) is 16.7. The zero-order valence-corrected chi connectivity index (χ0v) is 14.8. The molecule has 122 valence electrons. The minimum Gasteiger partial charge on any atom is -0.367 e. The van der Waals surface area contributed by atoms with Crippen molar-refractivity contribution in [3.05, 3.63) is 70.2 Å². The number of ether oxygens (including phenoxy) is 1. The van der Waals surface area contributed by atoms with Crippen molar-refractivity contribution >= 4 is 15.9 Å². The number of benzene rings is 2. The Kier molecular flexibility index (Phi) is 6.22. The lowest BCUT2D eigenvalue weighted by Crippen LogP contribution is -2.44. The van der Waals surface area contributed by atoms with Crippen LogP contribution >= 0.6 is 15.9 Å². The molecule has 1 fully saturated rings. The molecule has 0 radical (unpaired) electrons. The van der Waals surface area contributed by atoms with Crippen LogP contribution in [0.4, 0.5) is 0 Å². The minimum absolute atomic E-state index is 0.00721. The van der Waals surface area contributed by atoms with Crippen molar-refractivity contribution in [1.82, 2.24) is 10.2 Å². The third-order valence-electron chi connectivity index (χ3n) is 4.18. The summed E-state index contributed by atoms with van der Waals surface area (Å²) < 4.78 is 7.37. The van der Waals surface area contributed by atoms with Crippen molar-refractivity contribution in [2.24, 2.45) is 0 Å². The van der Waals surface area contributed by atoms with Gasteiger partial charge in [0.05, 0.1) is 6.61 Å². The molecular formula is C19H23BrN2O. The summed E-state index contributed by atoms with van der Waals surface area (Å²) in [5, 5.41) is 3.38. The van der Waals surface area contributed by atoms with Crippen LogP contribution in [-0.2, 0) is 4.74 Å². The molecule has 0 spiro atoms. The minimum atomic E-state index is -0.00721. The van der Waals surface area contributed by atoms with Gasteiger partial charge >= 0.3 is 0 Å². The Morgan fingerprint density at radius 1 is 0.957 bits per heavy atom. The summed E-state index contributed by atoms with van der Waals surface area (Å²) in [6.45, 7) is 6.11. The van der Waals surface area contributed by atoms with Gasteiger partial charge in [0.15, 0.2) is 0 Å². The van der Waals surface area contributed by atoms with Crippen LogP contribution in [-0.4, -0.2) is 44.2 Å². The molecule has 0 aromatic heterocycles. The average Bonchev–Trinajstić information content (AvgIpc) is 2.61. The van der Waals surface area contributed by atoms with Crippen molar-refractivity contribution in [2.45, 2.75) is 6.10 Å². The molecule has 0 saturated carbocycles. The Hall–Kier alpha value is -1.20. The van der Waals surface area contributed by atoms with E-state index < -0.39 is 0 Å². The van der Waals surface area contributed by atoms with E-state index in [2.05, 4.69) is 74.7 Å². The van der Waals surface area contributed by atoms with Crippen LogP contribution in [0.3, 0.4) is 0 Å². The molecule has 3 nitrogen and oxygen atoms in total. The first-order valence-electron chi connectivity index (χ1n) is 8.18. The van der Waals surface area contributed by atoms with E-state index in [4.69, 9.17) is 4.74 Å². The van der Waals surface area contributed by atoms with Crippen molar-refractivity contribution in [3.63, 3.8) is 0 Å². The van der Waals surface area contributed by atoms with Gasteiger partial charge in [-0.15, -0.1) is 0 Å². The Morgan fingerprint density at radius 3 is 2.30 bits per heavy atom. The van der Waals surface area contributed by atoms with E-state index in [1.54, 1.807) is 0 Å². The van der Waals surface area contributed by atoms with Gasteiger partial charge in [0.25, 0.3) is 0 Å². The predicted molar refractivity (Wildman–Crippen MR) is 97.7 cm³/mol. The average molecular weight is 375 g/mol. The summed E-state index contributed by atoms with van der Waals surface area (Å²) in [5.41, 5.74) is 2.40. The Labute approximate surface area is 146 Å². The highest BCUT2D eigenvalue weighted by molar-refractivity contribution is 9.10. The Morgan fingerprint density at radius 2 is 1.61 bits per heavy atom. The molecule has 1 N–H and O–H groups in total. The molecule has 0 aliphatic carbocycles. The third-order valence-corrected chi connectivity index (χ3v) is 4.71. The molecule has 1 heterocycles. The number of halogens is 1. The Balaban J connectivity index is 1.66. The molecule has 4 heteroatoms. The van der Waals surface area contributed by atoms with Gasteiger partial charge in [-0.1, -0.05) is 58.4 Å². The first-order valence-corrected chi connectivity index (χ1v) is 8.97. The SMILES string of the molecule is Brc1ccc(C(OCCN2CCNCC2)c2ccccc2)cc1. The maximum Gasteiger partial charge on any atom is 0.108 e. The second kappa shape index (κ2) is 8.60. The number of rotatable bonds is 6. The fourth-order valence-corrected chi connectivity index (χ4v) is 3.15. The molecular weight excluding hydrogens is 352 g/mol. The molecule has 0 bridgehead atoms. The molecule has 1 unspecified atom stereocenters. The monoisotopic (exact) mass is 374 g/mol. The van der Waals surface area contributed by atoms with Crippen LogP contribution in [0, 0.1) is 0 Å². The number of hydrogen-bond acceptors (Lipinski definition) is 3. The fraction of sp³-hybridized carbons (Fsp3) is 0.368. The van der Waals surface area contributed by atoms with Gasteiger partial charge in [-0.2, -0.15) is 0 Å². The molecule has 1 aliphatic rings. The van der Waals surface area contributed by atoms with Gasteiger partial charge < -0.3 is 10.1 Å². The summed E-state index contributed by atoms with van der Waals surface area (Å²) in [5.74, 6) is 0. The molecule has 2 aromatic carbocycles. The van der Waals surface area contributed by atoms with Crippen LogP contribution in [0.5, 0.6) is 0 Å². The molecule has 1 atom stereocenters. The lowest BCUT2D eigenvalue weighted by atomic mass is 10.0. The zero-order chi connectivity index (χ0) is 15.9. The van der Waals surface area contributed by atoms with E-state index in [-0.39, 0.29) is 6.10 Å². The highest BCUT2D eigenvalue weighted by atomic mass is 79.9. The van der Waals surface area contributed by atoms with Crippen LogP contribution in [0.1, 0.15) is 17.2 Å². The van der Waals surface area contributed by atoms with Crippen molar-refractivity contribution in [2.75, 3.05) is 39.3 Å². The smallest absolute Gasteiger partial charge is 0.108 e. The van der Waals surface area contributed by atoms with Gasteiger partial charge in [-0.25, -0.2) is 0 Å². The van der Waals surface area contributed by atoms with Crippen LogP contribution < -0.4 is 5.32 Å². The second-order valence-electron chi connectivity index (χ2n) is 5.80. The molecule has 23 heavy (non-hydrogen) atoms. The third kappa shape index (κ3) is 4.88.